The molecule has 2 aliphatic rings. The van der Waals surface area contributed by atoms with Gasteiger partial charge >= 0.3 is 0 Å². The molecule has 2 fully saturated rings. The molecule has 0 radical (unpaired) electrons. The molecule has 116 valence electrons. The number of carbonyl (C=O) groups excluding carboxylic acids is 1. The zero-order valence-electron chi connectivity index (χ0n) is 12.1. The van der Waals surface area contributed by atoms with Gasteiger partial charge in [0.2, 0.25) is 0 Å². The van der Waals surface area contributed by atoms with Gasteiger partial charge in [-0.05, 0) is 66.8 Å². The molecular weight excluding hydrogens is 350 g/mol. The third kappa shape index (κ3) is 3.58. The van der Waals surface area contributed by atoms with Crippen molar-refractivity contribution in [3.8, 4) is 0 Å². The summed E-state index contributed by atoms with van der Waals surface area (Å²) in [6.45, 7) is 1.90. The molecule has 0 spiro atoms. The number of aliphatic hydroxyl groups is 1. The van der Waals surface area contributed by atoms with Crippen molar-refractivity contribution in [3.63, 3.8) is 0 Å². The predicted molar refractivity (Wildman–Crippen MR) is 88.9 cm³/mol. The molecule has 3 nitrogen and oxygen atoms in total. The van der Waals surface area contributed by atoms with Crippen LogP contribution in [0.15, 0.2) is 15.9 Å². The van der Waals surface area contributed by atoms with Gasteiger partial charge in [-0.1, -0.05) is 12.8 Å². The van der Waals surface area contributed by atoms with Crippen LogP contribution in [0.3, 0.4) is 0 Å². The SMILES string of the molecule is O=C(c1ccc(Br)s1)C1CCN([C@@H]2CCCC[C@H]2O)CC1. The van der Waals surface area contributed by atoms with Crippen molar-refractivity contribution in [2.24, 2.45) is 5.92 Å². The molecule has 2 atom stereocenters. The number of nitrogens with zero attached hydrogens (tertiary/aromatic N) is 1. The average molecular weight is 372 g/mol. The van der Waals surface area contributed by atoms with Crippen LogP contribution in [0.2, 0.25) is 0 Å². The van der Waals surface area contributed by atoms with E-state index in [1.807, 2.05) is 12.1 Å². The van der Waals surface area contributed by atoms with E-state index in [0.29, 0.717) is 11.8 Å². The Morgan fingerprint density at radius 1 is 1.19 bits per heavy atom. The van der Waals surface area contributed by atoms with Crippen LogP contribution in [0.25, 0.3) is 0 Å². The fourth-order valence-electron chi connectivity index (χ4n) is 3.66. The summed E-state index contributed by atoms with van der Waals surface area (Å²) in [6.07, 6.45) is 6.11. The van der Waals surface area contributed by atoms with Gasteiger partial charge in [-0.15, -0.1) is 11.3 Å². The molecule has 1 N–H and O–H groups in total. The van der Waals surface area contributed by atoms with Crippen molar-refractivity contribution in [1.29, 1.82) is 0 Å². The Labute approximate surface area is 138 Å². The number of piperidine rings is 1. The van der Waals surface area contributed by atoms with Crippen molar-refractivity contribution in [2.45, 2.75) is 50.7 Å². The predicted octanol–water partition coefficient (Wildman–Crippen LogP) is 3.71. The third-order valence-electron chi connectivity index (χ3n) is 4.88. The highest BCUT2D eigenvalue weighted by Gasteiger charge is 2.33. The summed E-state index contributed by atoms with van der Waals surface area (Å²) in [5.74, 6) is 0.460. The number of ketones is 1. The van der Waals surface area contributed by atoms with Gasteiger partial charge in [-0.2, -0.15) is 0 Å². The number of rotatable bonds is 3. The molecule has 1 aromatic rings. The standard InChI is InChI=1S/C16H22BrNO2S/c17-15-6-5-14(21-15)16(20)11-7-9-18(10-8-11)12-3-1-2-4-13(12)19/h5-6,11-13,19H,1-4,7-10H2/t12-,13-/m1/s1. The maximum Gasteiger partial charge on any atom is 0.175 e. The number of Topliss-reactive ketones (excluding diaryl/α,β-unsaturated/α-hetero) is 1. The Morgan fingerprint density at radius 3 is 2.52 bits per heavy atom. The van der Waals surface area contributed by atoms with E-state index in [1.165, 1.54) is 17.8 Å². The van der Waals surface area contributed by atoms with Crippen LogP contribution in [-0.4, -0.2) is 41.0 Å². The Morgan fingerprint density at radius 2 is 1.90 bits per heavy atom. The summed E-state index contributed by atoms with van der Waals surface area (Å²) in [4.78, 5) is 15.8. The second-order valence-corrected chi connectivity index (χ2v) is 8.66. The second kappa shape index (κ2) is 6.90. The van der Waals surface area contributed by atoms with Gasteiger partial charge < -0.3 is 5.11 Å². The average Bonchev–Trinajstić information content (AvgIpc) is 2.94. The van der Waals surface area contributed by atoms with Crippen LogP contribution in [-0.2, 0) is 0 Å². The Hall–Kier alpha value is -0.230. The summed E-state index contributed by atoms with van der Waals surface area (Å²) in [5.41, 5.74) is 0. The molecular formula is C16H22BrNO2S. The van der Waals surface area contributed by atoms with Gasteiger partial charge in [0, 0.05) is 12.0 Å². The van der Waals surface area contributed by atoms with Gasteiger partial charge in [-0.25, -0.2) is 0 Å². The molecule has 0 unspecified atom stereocenters. The Bertz CT molecular complexity index is 496. The molecule has 21 heavy (non-hydrogen) atoms. The fraction of sp³-hybridized carbons (Fsp3) is 0.688. The van der Waals surface area contributed by atoms with Crippen molar-refractivity contribution >= 4 is 33.0 Å². The molecule has 5 heteroatoms. The minimum Gasteiger partial charge on any atom is -0.391 e. The number of aliphatic hydroxyl groups excluding tert-OH is 1. The fourth-order valence-corrected chi connectivity index (χ4v) is 5.06. The number of carbonyl (C=O) groups is 1. The number of hydrogen-bond acceptors (Lipinski definition) is 4. The van der Waals surface area contributed by atoms with Gasteiger partial charge in [0.25, 0.3) is 0 Å². The molecule has 1 saturated heterocycles. The molecule has 1 saturated carbocycles. The first kappa shape index (κ1) is 15.7. The van der Waals surface area contributed by atoms with Crippen molar-refractivity contribution < 1.29 is 9.90 Å². The molecule has 0 bridgehead atoms. The number of hydrogen-bond donors (Lipinski definition) is 1. The van der Waals surface area contributed by atoms with E-state index in [4.69, 9.17) is 0 Å². The topological polar surface area (TPSA) is 40.5 Å². The van der Waals surface area contributed by atoms with E-state index in [9.17, 15) is 9.90 Å². The van der Waals surface area contributed by atoms with E-state index < -0.39 is 0 Å². The first-order valence-corrected chi connectivity index (χ1v) is 9.48. The van der Waals surface area contributed by atoms with Crippen LogP contribution in [0.1, 0.15) is 48.2 Å². The van der Waals surface area contributed by atoms with Gasteiger partial charge in [0.15, 0.2) is 5.78 Å². The lowest BCUT2D eigenvalue weighted by Crippen LogP contribution is -2.49. The first-order chi connectivity index (χ1) is 10.1. The van der Waals surface area contributed by atoms with E-state index in [2.05, 4.69) is 20.8 Å². The highest BCUT2D eigenvalue weighted by molar-refractivity contribution is 9.11. The van der Waals surface area contributed by atoms with Crippen molar-refractivity contribution in [3.05, 3.63) is 20.8 Å². The van der Waals surface area contributed by atoms with Gasteiger partial charge in [-0.3, -0.25) is 9.69 Å². The normalized spacial score (nSPS) is 28.7. The summed E-state index contributed by atoms with van der Waals surface area (Å²) in [5, 5.41) is 10.2. The second-order valence-electron chi connectivity index (χ2n) is 6.20. The Kier molecular flexibility index (Phi) is 5.15. The minimum absolute atomic E-state index is 0.160. The lowest BCUT2D eigenvalue weighted by molar-refractivity contribution is 0.00503. The zero-order valence-corrected chi connectivity index (χ0v) is 14.5. The quantitative estimate of drug-likeness (QED) is 0.823. The van der Waals surface area contributed by atoms with Crippen LogP contribution in [0.4, 0.5) is 0 Å². The monoisotopic (exact) mass is 371 g/mol. The van der Waals surface area contributed by atoms with Gasteiger partial charge in [0.1, 0.15) is 0 Å². The molecule has 1 aliphatic carbocycles. The van der Waals surface area contributed by atoms with E-state index in [1.54, 1.807) is 0 Å². The third-order valence-corrected chi connectivity index (χ3v) is 6.52. The highest BCUT2D eigenvalue weighted by Crippen LogP contribution is 2.31. The van der Waals surface area contributed by atoms with Crippen LogP contribution in [0, 0.1) is 5.92 Å². The summed E-state index contributed by atoms with van der Waals surface area (Å²) in [6, 6.07) is 4.20. The lowest BCUT2D eigenvalue weighted by atomic mass is 9.87. The van der Waals surface area contributed by atoms with Crippen molar-refractivity contribution in [1.82, 2.24) is 4.90 Å². The van der Waals surface area contributed by atoms with Crippen LogP contribution >= 0.6 is 27.3 Å². The number of halogens is 1. The Balaban J connectivity index is 1.56. The first-order valence-electron chi connectivity index (χ1n) is 7.87. The smallest absolute Gasteiger partial charge is 0.175 e. The van der Waals surface area contributed by atoms with Crippen LogP contribution < -0.4 is 0 Å². The maximum atomic E-state index is 12.5. The summed E-state index contributed by atoms with van der Waals surface area (Å²) >= 11 is 4.96. The lowest BCUT2D eigenvalue weighted by Gasteiger charge is -2.41. The number of thiophene rings is 1. The molecule has 1 aromatic heterocycles. The van der Waals surface area contributed by atoms with Crippen LogP contribution in [0.5, 0.6) is 0 Å². The van der Waals surface area contributed by atoms with Gasteiger partial charge in [0.05, 0.1) is 14.8 Å². The summed E-state index contributed by atoms with van der Waals surface area (Å²) in [7, 11) is 0. The molecule has 0 aromatic carbocycles. The summed E-state index contributed by atoms with van der Waals surface area (Å²) < 4.78 is 1.02. The number of likely N-dealkylation sites (tertiary alicyclic amines) is 1. The van der Waals surface area contributed by atoms with Crippen molar-refractivity contribution in [2.75, 3.05) is 13.1 Å². The highest BCUT2D eigenvalue weighted by atomic mass is 79.9. The van der Waals surface area contributed by atoms with E-state index >= 15 is 0 Å². The largest absolute Gasteiger partial charge is 0.391 e. The molecule has 1 aliphatic heterocycles. The zero-order chi connectivity index (χ0) is 14.8. The minimum atomic E-state index is -0.167. The maximum absolute atomic E-state index is 12.5. The molecule has 0 amide bonds. The molecule has 3 rings (SSSR count). The molecule has 2 heterocycles. The van der Waals surface area contributed by atoms with E-state index in [0.717, 1.165) is 53.9 Å². The van der Waals surface area contributed by atoms with E-state index in [-0.39, 0.29) is 12.0 Å².